The highest BCUT2D eigenvalue weighted by atomic mass is 32.2. The van der Waals surface area contributed by atoms with Crippen molar-refractivity contribution in [1.29, 1.82) is 0 Å². The SMILES string of the molecule is COc1cc(C(C)NC(C)C(CO)SC)ccc1F. The molecule has 0 heterocycles. The highest BCUT2D eigenvalue weighted by molar-refractivity contribution is 7.99. The summed E-state index contributed by atoms with van der Waals surface area (Å²) in [4.78, 5) is 0. The van der Waals surface area contributed by atoms with Gasteiger partial charge in [0, 0.05) is 17.3 Å². The van der Waals surface area contributed by atoms with Crippen LogP contribution in [0.5, 0.6) is 5.75 Å². The summed E-state index contributed by atoms with van der Waals surface area (Å²) in [5.41, 5.74) is 0.961. The first-order chi connectivity index (χ1) is 9.03. The predicted octanol–water partition coefficient (Wildman–Crippen LogP) is 2.60. The molecule has 1 aromatic rings. The molecule has 5 heteroatoms. The van der Waals surface area contributed by atoms with Gasteiger partial charge in [-0.05, 0) is 37.8 Å². The number of halogens is 1. The highest BCUT2D eigenvalue weighted by Crippen LogP contribution is 2.23. The first kappa shape index (κ1) is 16.3. The first-order valence-corrected chi connectivity index (χ1v) is 7.55. The zero-order valence-corrected chi connectivity index (χ0v) is 12.6. The van der Waals surface area contributed by atoms with Crippen LogP contribution < -0.4 is 10.1 Å². The minimum Gasteiger partial charge on any atom is -0.494 e. The number of aliphatic hydroxyl groups excluding tert-OH is 1. The van der Waals surface area contributed by atoms with Gasteiger partial charge in [-0.2, -0.15) is 11.8 Å². The number of aliphatic hydroxyl groups is 1. The van der Waals surface area contributed by atoms with Crippen molar-refractivity contribution in [3.8, 4) is 5.75 Å². The second kappa shape index (κ2) is 7.72. The Morgan fingerprint density at radius 2 is 2.11 bits per heavy atom. The minimum atomic E-state index is -0.358. The molecule has 0 saturated heterocycles. The molecular formula is C14H22FNO2S. The Labute approximate surface area is 118 Å². The highest BCUT2D eigenvalue weighted by Gasteiger charge is 2.18. The van der Waals surface area contributed by atoms with E-state index in [2.05, 4.69) is 5.32 Å². The molecule has 19 heavy (non-hydrogen) atoms. The van der Waals surface area contributed by atoms with E-state index < -0.39 is 0 Å². The average Bonchev–Trinajstić information content (AvgIpc) is 2.40. The Morgan fingerprint density at radius 3 is 2.63 bits per heavy atom. The molecule has 1 aromatic carbocycles. The van der Waals surface area contributed by atoms with Gasteiger partial charge in [0.05, 0.1) is 13.7 Å². The van der Waals surface area contributed by atoms with Crippen LogP contribution in [0, 0.1) is 5.82 Å². The molecule has 0 saturated carbocycles. The zero-order chi connectivity index (χ0) is 14.4. The Hall–Kier alpha value is -0.780. The van der Waals surface area contributed by atoms with Gasteiger partial charge in [-0.25, -0.2) is 4.39 Å². The maximum atomic E-state index is 13.4. The van der Waals surface area contributed by atoms with E-state index in [1.54, 1.807) is 23.9 Å². The topological polar surface area (TPSA) is 41.5 Å². The van der Waals surface area contributed by atoms with Gasteiger partial charge in [-0.1, -0.05) is 6.07 Å². The van der Waals surface area contributed by atoms with E-state index in [1.807, 2.05) is 20.1 Å². The van der Waals surface area contributed by atoms with Crippen molar-refractivity contribution in [1.82, 2.24) is 5.32 Å². The smallest absolute Gasteiger partial charge is 0.165 e. The molecule has 3 nitrogen and oxygen atoms in total. The van der Waals surface area contributed by atoms with Gasteiger partial charge in [-0.15, -0.1) is 0 Å². The second-order valence-electron chi connectivity index (χ2n) is 4.53. The molecule has 0 aliphatic carbocycles. The molecule has 2 N–H and O–H groups in total. The number of hydrogen-bond donors (Lipinski definition) is 2. The lowest BCUT2D eigenvalue weighted by Crippen LogP contribution is -2.38. The summed E-state index contributed by atoms with van der Waals surface area (Å²) in [6, 6.07) is 5.08. The van der Waals surface area contributed by atoms with Gasteiger partial charge in [0.15, 0.2) is 11.6 Å². The van der Waals surface area contributed by atoms with E-state index in [0.717, 1.165) is 5.56 Å². The van der Waals surface area contributed by atoms with Crippen molar-refractivity contribution < 1.29 is 14.2 Å². The molecule has 0 aromatic heterocycles. The van der Waals surface area contributed by atoms with Crippen LogP contribution in [-0.4, -0.2) is 36.4 Å². The molecule has 0 radical (unpaired) electrons. The van der Waals surface area contributed by atoms with Gasteiger partial charge >= 0.3 is 0 Å². The van der Waals surface area contributed by atoms with Crippen molar-refractivity contribution in [2.75, 3.05) is 20.0 Å². The Kier molecular flexibility index (Phi) is 6.62. The number of thioether (sulfide) groups is 1. The predicted molar refractivity (Wildman–Crippen MR) is 78.4 cm³/mol. The van der Waals surface area contributed by atoms with Crippen molar-refractivity contribution in [2.45, 2.75) is 31.2 Å². The second-order valence-corrected chi connectivity index (χ2v) is 5.60. The summed E-state index contributed by atoms with van der Waals surface area (Å²) in [5, 5.41) is 12.8. The molecule has 3 atom stereocenters. The lowest BCUT2D eigenvalue weighted by Gasteiger charge is -2.25. The van der Waals surface area contributed by atoms with Crippen LogP contribution in [0.1, 0.15) is 25.5 Å². The third kappa shape index (κ3) is 4.37. The largest absolute Gasteiger partial charge is 0.494 e. The van der Waals surface area contributed by atoms with Crippen molar-refractivity contribution in [3.63, 3.8) is 0 Å². The van der Waals surface area contributed by atoms with Crippen LogP contribution in [0.4, 0.5) is 4.39 Å². The Bertz CT molecular complexity index is 399. The summed E-state index contributed by atoms with van der Waals surface area (Å²) >= 11 is 1.63. The van der Waals surface area contributed by atoms with Crippen LogP contribution >= 0.6 is 11.8 Å². The van der Waals surface area contributed by atoms with E-state index in [0.29, 0.717) is 0 Å². The summed E-state index contributed by atoms with van der Waals surface area (Å²) in [5.74, 6) is -0.105. The first-order valence-electron chi connectivity index (χ1n) is 6.26. The number of hydrogen-bond acceptors (Lipinski definition) is 4. The molecule has 3 unspecified atom stereocenters. The maximum absolute atomic E-state index is 13.4. The van der Waals surface area contributed by atoms with Crippen LogP contribution in [0.25, 0.3) is 0 Å². The normalized spacial score (nSPS) is 15.9. The Morgan fingerprint density at radius 1 is 1.42 bits per heavy atom. The van der Waals surface area contributed by atoms with Crippen LogP contribution in [0.3, 0.4) is 0 Å². The maximum Gasteiger partial charge on any atom is 0.165 e. The van der Waals surface area contributed by atoms with Crippen molar-refractivity contribution >= 4 is 11.8 Å². The van der Waals surface area contributed by atoms with E-state index in [9.17, 15) is 9.50 Å². The fourth-order valence-electron chi connectivity index (χ4n) is 1.98. The van der Waals surface area contributed by atoms with Gasteiger partial charge < -0.3 is 15.2 Å². The number of rotatable bonds is 7. The fourth-order valence-corrected chi connectivity index (χ4v) is 2.62. The van der Waals surface area contributed by atoms with E-state index in [1.165, 1.54) is 13.2 Å². The number of nitrogens with one attached hydrogen (secondary N) is 1. The summed E-state index contributed by atoms with van der Waals surface area (Å²) in [6.45, 7) is 4.18. The molecule has 0 amide bonds. The lowest BCUT2D eigenvalue weighted by atomic mass is 10.1. The van der Waals surface area contributed by atoms with Crippen molar-refractivity contribution in [2.24, 2.45) is 0 Å². The zero-order valence-electron chi connectivity index (χ0n) is 11.8. The van der Waals surface area contributed by atoms with Crippen LogP contribution in [-0.2, 0) is 0 Å². The van der Waals surface area contributed by atoms with E-state index in [4.69, 9.17) is 4.74 Å². The minimum absolute atomic E-state index is 0.0608. The molecule has 108 valence electrons. The Balaban J connectivity index is 2.75. The molecule has 0 spiro atoms. The van der Waals surface area contributed by atoms with Gasteiger partial charge in [0.25, 0.3) is 0 Å². The summed E-state index contributed by atoms with van der Waals surface area (Å²) < 4.78 is 18.3. The van der Waals surface area contributed by atoms with Crippen molar-refractivity contribution in [3.05, 3.63) is 29.6 Å². The number of benzene rings is 1. The molecule has 1 rings (SSSR count). The standard InChI is InChI=1S/C14H22FNO2S/c1-9(16-10(2)14(8-17)19-4)11-5-6-12(15)13(7-11)18-3/h5-7,9-10,14,16-17H,8H2,1-4H3. The van der Waals surface area contributed by atoms with Crippen LogP contribution in [0.15, 0.2) is 18.2 Å². The van der Waals surface area contributed by atoms with E-state index >= 15 is 0 Å². The third-order valence-electron chi connectivity index (χ3n) is 3.23. The molecule has 0 aliphatic heterocycles. The van der Waals surface area contributed by atoms with Crippen LogP contribution in [0.2, 0.25) is 0 Å². The van der Waals surface area contributed by atoms with E-state index in [-0.39, 0.29) is 35.5 Å². The quantitative estimate of drug-likeness (QED) is 0.809. The van der Waals surface area contributed by atoms with Gasteiger partial charge in [-0.3, -0.25) is 0 Å². The third-order valence-corrected chi connectivity index (χ3v) is 4.39. The van der Waals surface area contributed by atoms with Gasteiger partial charge in [0.1, 0.15) is 0 Å². The van der Waals surface area contributed by atoms with Gasteiger partial charge in [0.2, 0.25) is 0 Å². The fraction of sp³-hybridized carbons (Fsp3) is 0.571. The molecule has 0 fully saturated rings. The number of ether oxygens (including phenoxy) is 1. The summed E-state index contributed by atoms with van der Waals surface area (Å²) in [7, 11) is 1.46. The molecular weight excluding hydrogens is 265 g/mol. The lowest BCUT2D eigenvalue weighted by molar-refractivity contribution is 0.271. The monoisotopic (exact) mass is 287 g/mol. The molecule has 0 aliphatic rings. The number of methoxy groups -OCH3 is 1. The average molecular weight is 287 g/mol. The summed E-state index contributed by atoms with van der Waals surface area (Å²) in [6.07, 6.45) is 1.98. The molecule has 0 bridgehead atoms.